The highest BCUT2D eigenvalue weighted by atomic mass is 16.4. The first-order valence-electron chi connectivity index (χ1n) is 7.92. The quantitative estimate of drug-likeness (QED) is 0.651. The zero-order valence-corrected chi connectivity index (χ0v) is 13.4. The summed E-state index contributed by atoms with van der Waals surface area (Å²) in [4.78, 5) is 0. The predicted octanol–water partition coefficient (Wildman–Crippen LogP) is 3.44. The monoisotopic (exact) mass is 282 g/mol. The molecule has 1 atom stereocenters. The van der Waals surface area contributed by atoms with Crippen LogP contribution in [0.1, 0.15) is 59.3 Å². The molecule has 0 saturated heterocycles. The molecule has 0 fully saturated rings. The van der Waals surface area contributed by atoms with Gasteiger partial charge in [-0.2, -0.15) is 0 Å². The van der Waals surface area contributed by atoms with Gasteiger partial charge >= 0.3 is 6.01 Å². The zero-order chi connectivity index (χ0) is 14.8. The Hall–Kier alpha value is -1.10. The smallest absolute Gasteiger partial charge is 0.315 e. The molecule has 1 unspecified atom stereocenters. The summed E-state index contributed by atoms with van der Waals surface area (Å²) in [5, 5.41) is 14.6. The van der Waals surface area contributed by atoms with E-state index < -0.39 is 0 Å². The van der Waals surface area contributed by atoms with Crippen LogP contribution in [0.25, 0.3) is 0 Å². The summed E-state index contributed by atoms with van der Waals surface area (Å²) in [6, 6.07) is 0.543. The number of anilines is 1. The fourth-order valence-corrected chi connectivity index (χ4v) is 2.04. The van der Waals surface area contributed by atoms with Crippen LogP contribution in [0.15, 0.2) is 4.42 Å². The molecule has 20 heavy (non-hydrogen) atoms. The van der Waals surface area contributed by atoms with Crippen LogP contribution >= 0.6 is 0 Å². The molecule has 5 nitrogen and oxygen atoms in total. The van der Waals surface area contributed by atoms with Gasteiger partial charge in [0.2, 0.25) is 5.89 Å². The van der Waals surface area contributed by atoms with Crippen molar-refractivity contribution in [1.82, 2.24) is 15.5 Å². The standard InChI is InChI=1S/C15H30N4O/c1-5-7-8-13(6-2)10-17-15-19-18-14(20-15)11-16-9-12(3)4/h12-13,16H,5-11H2,1-4H3,(H,17,19). The van der Waals surface area contributed by atoms with Gasteiger partial charge in [-0.1, -0.05) is 52.1 Å². The molecule has 0 aliphatic rings. The van der Waals surface area contributed by atoms with Gasteiger partial charge in [0.15, 0.2) is 0 Å². The normalized spacial score (nSPS) is 12.8. The number of rotatable bonds is 11. The maximum atomic E-state index is 5.57. The summed E-state index contributed by atoms with van der Waals surface area (Å²) >= 11 is 0. The topological polar surface area (TPSA) is 63.0 Å². The molecule has 0 aliphatic carbocycles. The van der Waals surface area contributed by atoms with E-state index in [9.17, 15) is 0 Å². The number of nitrogens with one attached hydrogen (secondary N) is 2. The maximum Gasteiger partial charge on any atom is 0.315 e. The SMILES string of the molecule is CCCCC(CC)CNc1nnc(CNCC(C)C)o1. The van der Waals surface area contributed by atoms with E-state index in [1.807, 2.05) is 0 Å². The Morgan fingerprint density at radius 1 is 1.15 bits per heavy atom. The Kier molecular flexibility index (Phi) is 8.26. The molecule has 0 saturated carbocycles. The predicted molar refractivity (Wildman–Crippen MR) is 82.6 cm³/mol. The van der Waals surface area contributed by atoms with E-state index in [-0.39, 0.29) is 0 Å². The second kappa shape index (κ2) is 9.75. The van der Waals surface area contributed by atoms with Gasteiger partial charge in [-0.25, -0.2) is 0 Å². The van der Waals surface area contributed by atoms with Gasteiger partial charge in [0.25, 0.3) is 0 Å². The highest BCUT2D eigenvalue weighted by Gasteiger charge is 2.09. The molecule has 0 aromatic carbocycles. The minimum atomic E-state index is 0.543. The molecule has 1 rings (SSSR count). The molecular formula is C15H30N4O. The van der Waals surface area contributed by atoms with Crippen molar-refractivity contribution in [3.8, 4) is 0 Å². The van der Waals surface area contributed by atoms with E-state index in [0.717, 1.165) is 13.1 Å². The molecule has 116 valence electrons. The van der Waals surface area contributed by atoms with Crippen molar-refractivity contribution in [3.05, 3.63) is 5.89 Å². The Labute approximate surface area is 122 Å². The van der Waals surface area contributed by atoms with Gasteiger partial charge in [-0.05, 0) is 24.8 Å². The average Bonchev–Trinajstić information content (AvgIpc) is 2.86. The van der Waals surface area contributed by atoms with Crippen LogP contribution in [0.2, 0.25) is 0 Å². The Balaban J connectivity index is 2.28. The van der Waals surface area contributed by atoms with Gasteiger partial charge < -0.3 is 15.1 Å². The molecule has 0 bridgehead atoms. The lowest BCUT2D eigenvalue weighted by Crippen LogP contribution is -2.19. The summed E-state index contributed by atoms with van der Waals surface area (Å²) in [5.74, 6) is 1.96. The van der Waals surface area contributed by atoms with Crippen molar-refractivity contribution in [3.63, 3.8) is 0 Å². The van der Waals surface area contributed by atoms with Crippen LogP contribution in [0.5, 0.6) is 0 Å². The third kappa shape index (κ3) is 6.89. The zero-order valence-electron chi connectivity index (χ0n) is 13.4. The molecular weight excluding hydrogens is 252 g/mol. The van der Waals surface area contributed by atoms with Crippen molar-refractivity contribution in [2.45, 2.75) is 59.9 Å². The average molecular weight is 282 g/mol. The molecule has 0 amide bonds. The number of unbranched alkanes of at least 4 members (excludes halogenated alkanes) is 1. The molecule has 0 aliphatic heterocycles. The molecule has 2 N–H and O–H groups in total. The summed E-state index contributed by atoms with van der Waals surface area (Å²) in [6.07, 6.45) is 4.98. The first kappa shape index (κ1) is 17.0. The van der Waals surface area contributed by atoms with Gasteiger partial charge in [0, 0.05) is 6.54 Å². The summed E-state index contributed by atoms with van der Waals surface area (Å²) < 4.78 is 5.57. The van der Waals surface area contributed by atoms with E-state index >= 15 is 0 Å². The van der Waals surface area contributed by atoms with Crippen LogP contribution in [-0.4, -0.2) is 23.3 Å². The van der Waals surface area contributed by atoms with Gasteiger partial charge in [0.05, 0.1) is 6.54 Å². The van der Waals surface area contributed by atoms with E-state index in [1.165, 1.54) is 25.7 Å². The summed E-state index contributed by atoms with van der Waals surface area (Å²) in [5.41, 5.74) is 0. The first-order valence-corrected chi connectivity index (χ1v) is 7.92. The summed E-state index contributed by atoms with van der Waals surface area (Å²) in [7, 11) is 0. The maximum absolute atomic E-state index is 5.57. The Bertz CT molecular complexity index is 351. The second-order valence-electron chi connectivity index (χ2n) is 5.82. The lowest BCUT2D eigenvalue weighted by atomic mass is 10.00. The van der Waals surface area contributed by atoms with Crippen molar-refractivity contribution in [2.24, 2.45) is 11.8 Å². The fraction of sp³-hybridized carbons (Fsp3) is 0.867. The largest absolute Gasteiger partial charge is 0.407 e. The minimum absolute atomic E-state index is 0.543. The highest BCUT2D eigenvalue weighted by molar-refractivity contribution is 5.16. The highest BCUT2D eigenvalue weighted by Crippen LogP contribution is 2.14. The van der Waals surface area contributed by atoms with Crippen LogP contribution in [0.4, 0.5) is 6.01 Å². The number of hydrogen-bond donors (Lipinski definition) is 2. The van der Waals surface area contributed by atoms with Gasteiger partial charge in [-0.15, -0.1) is 5.10 Å². The van der Waals surface area contributed by atoms with Crippen molar-refractivity contribution < 1.29 is 4.42 Å². The number of aromatic nitrogens is 2. The molecule has 1 aromatic heterocycles. The molecule has 5 heteroatoms. The molecule has 1 heterocycles. The van der Waals surface area contributed by atoms with E-state index in [2.05, 4.69) is 48.5 Å². The van der Waals surface area contributed by atoms with Crippen LogP contribution in [-0.2, 0) is 6.54 Å². The van der Waals surface area contributed by atoms with Crippen LogP contribution < -0.4 is 10.6 Å². The molecule has 0 radical (unpaired) electrons. The lowest BCUT2D eigenvalue weighted by molar-refractivity contribution is 0.444. The van der Waals surface area contributed by atoms with E-state index in [0.29, 0.717) is 30.3 Å². The summed E-state index contributed by atoms with van der Waals surface area (Å²) in [6.45, 7) is 11.3. The molecule has 1 aromatic rings. The van der Waals surface area contributed by atoms with Crippen LogP contribution in [0.3, 0.4) is 0 Å². The minimum Gasteiger partial charge on any atom is -0.407 e. The third-order valence-electron chi connectivity index (χ3n) is 3.38. The third-order valence-corrected chi connectivity index (χ3v) is 3.38. The number of nitrogens with zero attached hydrogens (tertiary/aromatic N) is 2. The van der Waals surface area contributed by atoms with E-state index in [4.69, 9.17) is 4.42 Å². The second-order valence-corrected chi connectivity index (χ2v) is 5.82. The Morgan fingerprint density at radius 2 is 1.95 bits per heavy atom. The lowest BCUT2D eigenvalue weighted by Gasteiger charge is -2.13. The Morgan fingerprint density at radius 3 is 2.60 bits per heavy atom. The van der Waals surface area contributed by atoms with Crippen molar-refractivity contribution in [2.75, 3.05) is 18.4 Å². The molecule has 0 spiro atoms. The van der Waals surface area contributed by atoms with Crippen LogP contribution in [0, 0.1) is 11.8 Å². The number of hydrogen-bond acceptors (Lipinski definition) is 5. The van der Waals surface area contributed by atoms with E-state index in [1.54, 1.807) is 0 Å². The van der Waals surface area contributed by atoms with Crippen molar-refractivity contribution >= 4 is 6.01 Å². The first-order chi connectivity index (χ1) is 9.65. The van der Waals surface area contributed by atoms with Gasteiger partial charge in [-0.3, -0.25) is 0 Å². The fourth-order valence-electron chi connectivity index (χ4n) is 2.04. The van der Waals surface area contributed by atoms with Crippen molar-refractivity contribution in [1.29, 1.82) is 0 Å². The van der Waals surface area contributed by atoms with Gasteiger partial charge in [0.1, 0.15) is 0 Å².